The van der Waals surface area contributed by atoms with Crippen molar-refractivity contribution in [3.8, 4) is 5.75 Å². The van der Waals surface area contributed by atoms with Gasteiger partial charge in [-0.25, -0.2) is 4.79 Å². The smallest absolute Gasteiger partial charge is 0.330 e. The minimum Gasteiger partial charge on any atom is -0.497 e. The van der Waals surface area contributed by atoms with Crippen LogP contribution in [0.2, 0.25) is 0 Å². The van der Waals surface area contributed by atoms with Crippen LogP contribution in [-0.4, -0.2) is 58.0 Å². The van der Waals surface area contributed by atoms with E-state index in [9.17, 15) is 14.7 Å². The van der Waals surface area contributed by atoms with Gasteiger partial charge in [-0.15, -0.1) is 0 Å². The fourth-order valence-electron chi connectivity index (χ4n) is 6.89. The third-order valence-corrected chi connectivity index (χ3v) is 8.90. The number of aromatic amines is 1. The van der Waals surface area contributed by atoms with Gasteiger partial charge in [0.1, 0.15) is 5.75 Å². The summed E-state index contributed by atoms with van der Waals surface area (Å²) in [7, 11) is 1.64. The summed E-state index contributed by atoms with van der Waals surface area (Å²) in [5.41, 5.74) is 0.796. The molecule has 0 bridgehead atoms. The molecule has 42 heavy (non-hydrogen) atoms. The van der Waals surface area contributed by atoms with Gasteiger partial charge in [0, 0.05) is 12.3 Å². The van der Waals surface area contributed by atoms with Crippen molar-refractivity contribution in [2.45, 2.75) is 55.6 Å². The zero-order valence-corrected chi connectivity index (χ0v) is 23.8. The van der Waals surface area contributed by atoms with Crippen molar-refractivity contribution < 1.29 is 14.6 Å². The highest BCUT2D eigenvalue weighted by Gasteiger charge is 2.52. The van der Waals surface area contributed by atoms with Crippen LogP contribution in [0.5, 0.6) is 5.75 Å². The van der Waals surface area contributed by atoms with Crippen molar-refractivity contribution in [1.29, 1.82) is 0 Å². The number of aromatic nitrogens is 2. The zero-order chi connectivity index (χ0) is 29.1. The van der Waals surface area contributed by atoms with Crippen molar-refractivity contribution in [3.63, 3.8) is 0 Å². The molecule has 0 amide bonds. The van der Waals surface area contributed by atoms with Gasteiger partial charge < -0.3 is 14.6 Å². The van der Waals surface area contributed by atoms with E-state index in [1.165, 1.54) is 23.3 Å². The van der Waals surface area contributed by atoms with Gasteiger partial charge in [0.15, 0.2) is 6.23 Å². The lowest BCUT2D eigenvalue weighted by Crippen LogP contribution is -2.49. The van der Waals surface area contributed by atoms with Gasteiger partial charge in [-0.1, -0.05) is 79.2 Å². The predicted octanol–water partition coefficient (Wildman–Crippen LogP) is 4.08. The van der Waals surface area contributed by atoms with Gasteiger partial charge >= 0.3 is 5.69 Å². The number of hydrogen-bond acceptors (Lipinski definition) is 6. The first-order valence-corrected chi connectivity index (χ1v) is 14.7. The van der Waals surface area contributed by atoms with E-state index in [-0.39, 0.29) is 6.04 Å². The Hall–Kier alpha value is -3.98. The third-order valence-electron chi connectivity index (χ3n) is 8.90. The van der Waals surface area contributed by atoms with Gasteiger partial charge in [0.05, 0.1) is 30.8 Å². The summed E-state index contributed by atoms with van der Waals surface area (Å²) in [5.74, 6) is 0.725. The molecule has 2 aliphatic heterocycles. The van der Waals surface area contributed by atoms with Crippen molar-refractivity contribution in [1.82, 2.24) is 14.5 Å². The molecule has 2 N–H and O–H groups in total. The highest BCUT2D eigenvalue weighted by molar-refractivity contribution is 5.53. The lowest BCUT2D eigenvalue weighted by Gasteiger charge is -2.42. The fourth-order valence-corrected chi connectivity index (χ4v) is 6.89. The summed E-state index contributed by atoms with van der Waals surface area (Å²) in [6.45, 7) is 1.79. The molecule has 218 valence electrons. The van der Waals surface area contributed by atoms with Gasteiger partial charge in [-0.3, -0.25) is 19.2 Å². The Labute approximate surface area is 245 Å². The minimum atomic E-state index is -1.02. The summed E-state index contributed by atoms with van der Waals surface area (Å²) >= 11 is 0. The quantitative estimate of drug-likeness (QED) is 0.312. The molecule has 8 heteroatoms. The van der Waals surface area contributed by atoms with Gasteiger partial charge in [0.25, 0.3) is 5.56 Å². The maximum absolute atomic E-state index is 13.0. The van der Waals surface area contributed by atoms with E-state index in [0.717, 1.165) is 48.4 Å². The highest BCUT2D eigenvalue weighted by atomic mass is 16.5. The van der Waals surface area contributed by atoms with Crippen LogP contribution >= 0.6 is 0 Å². The van der Waals surface area contributed by atoms with Crippen molar-refractivity contribution >= 4 is 0 Å². The SMILES string of the molecule is COc1ccc(C(c2ccccc2)(c2ccccc2)C(O)[C@@H]2CC(N3CCCCC3)[C@H](n3ccc(=O)[nH]c3=O)O2)cc1. The molecule has 4 atom stereocenters. The largest absolute Gasteiger partial charge is 0.497 e. The Kier molecular flexibility index (Phi) is 8.11. The molecule has 6 rings (SSSR count). The third kappa shape index (κ3) is 5.11. The molecule has 0 aliphatic carbocycles. The van der Waals surface area contributed by atoms with Crippen LogP contribution in [0.15, 0.2) is 107 Å². The van der Waals surface area contributed by atoms with Crippen LogP contribution in [0, 0.1) is 0 Å². The molecule has 0 spiro atoms. The van der Waals surface area contributed by atoms with Crippen LogP contribution in [0.25, 0.3) is 0 Å². The zero-order valence-electron chi connectivity index (χ0n) is 23.8. The average molecular weight is 568 g/mol. The second kappa shape index (κ2) is 12.1. The molecule has 2 aliphatic rings. The summed E-state index contributed by atoms with van der Waals surface area (Å²) in [5, 5.41) is 12.7. The molecule has 2 saturated heterocycles. The summed E-state index contributed by atoms with van der Waals surface area (Å²) < 4.78 is 13.7. The monoisotopic (exact) mass is 567 g/mol. The Morgan fingerprint density at radius 1 is 0.857 bits per heavy atom. The van der Waals surface area contributed by atoms with E-state index < -0.39 is 35.1 Å². The average Bonchev–Trinajstić information content (AvgIpc) is 3.48. The first-order valence-electron chi connectivity index (χ1n) is 14.7. The maximum atomic E-state index is 13.0. The van der Waals surface area contributed by atoms with E-state index in [1.807, 2.05) is 84.9 Å². The number of methoxy groups -OCH3 is 1. The topological polar surface area (TPSA) is 96.8 Å². The second-order valence-electron chi connectivity index (χ2n) is 11.2. The lowest BCUT2D eigenvalue weighted by molar-refractivity contribution is -0.0847. The molecule has 1 aromatic heterocycles. The molecule has 4 aromatic rings. The van der Waals surface area contributed by atoms with Crippen LogP contribution in [-0.2, 0) is 10.2 Å². The van der Waals surface area contributed by atoms with E-state index >= 15 is 0 Å². The molecular formula is C34H37N3O5. The van der Waals surface area contributed by atoms with E-state index in [1.54, 1.807) is 7.11 Å². The number of piperidine rings is 1. The summed E-state index contributed by atoms with van der Waals surface area (Å²) in [4.78, 5) is 29.6. The number of aliphatic hydroxyl groups is 1. The number of nitrogens with zero attached hydrogens (tertiary/aromatic N) is 2. The number of ether oxygens (including phenoxy) is 2. The fraction of sp³-hybridized carbons (Fsp3) is 0.353. The molecule has 2 unspecified atom stereocenters. The highest BCUT2D eigenvalue weighted by Crippen LogP contribution is 2.47. The van der Waals surface area contributed by atoms with Crippen LogP contribution < -0.4 is 16.0 Å². The van der Waals surface area contributed by atoms with Crippen LogP contribution in [0.3, 0.4) is 0 Å². The van der Waals surface area contributed by atoms with E-state index in [4.69, 9.17) is 9.47 Å². The molecule has 0 saturated carbocycles. The molecular weight excluding hydrogens is 530 g/mol. The second-order valence-corrected chi connectivity index (χ2v) is 11.2. The van der Waals surface area contributed by atoms with Crippen LogP contribution in [0.4, 0.5) is 0 Å². The number of rotatable bonds is 8. The Bertz CT molecular complexity index is 1540. The standard InChI is InChI=1S/C34H37N3O5/c1-41-27-17-15-26(16-18-27)34(24-11-5-2-6-12-24,25-13-7-3-8-14-25)31(39)29-23-28(36-20-9-4-10-21-36)32(42-29)37-22-19-30(38)35-33(37)40/h2-3,5-8,11-19,22,28-29,31-32,39H,4,9-10,20-21,23H2,1H3,(H,35,38,40)/t28?,29-,31?,32+/m0/s1. The molecule has 2 fully saturated rings. The van der Waals surface area contributed by atoms with Crippen molar-refractivity contribution in [2.24, 2.45) is 0 Å². The van der Waals surface area contributed by atoms with E-state index in [0.29, 0.717) is 6.42 Å². The van der Waals surface area contributed by atoms with Crippen molar-refractivity contribution in [2.75, 3.05) is 20.2 Å². The van der Waals surface area contributed by atoms with Crippen LogP contribution in [0.1, 0.15) is 48.6 Å². The lowest BCUT2D eigenvalue weighted by atomic mass is 9.64. The van der Waals surface area contributed by atoms with Gasteiger partial charge in [-0.05, 0) is 61.2 Å². The minimum absolute atomic E-state index is 0.145. The number of nitrogens with one attached hydrogen (secondary N) is 1. The number of benzene rings is 3. The number of aliphatic hydroxyl groups excluding tert-OH is 1. The molecule has 3 heterocycles. The maximum Gasteiger partial charge on any atom is 0.330 e. The number of likely N-dealkylation sites (tertiary alicyclic amines) is 1. The molecule has 8 nitrogen and oxygen atoms in total. The normalized spacial score (nSPS) is 22.1. The summed E-state index contributed by atoms with van der Waals surface area (Å²) in [6, 6.07) is 29.1. The number of H-pyrrole nitrogens is 1. The van der Waals surface area contributed by atoms with Crippen molar-refractivity contribution in [3.05, 3.63) is 135 Å². The van der Waals surface area contributed by atoms with Gasteiger partial charge in [0.2, 0.25) is 0 Å². The first kappa shape index (κ1) is 28.2. The Morgan fingerprint density at radius 2 is 1.45 bits per heavy atom. The van der Waals surface area contributed by atoms with E-state index in [2.05, 4.69) is 9.88 Å². The Balaban J connectivity index is 1.50. The molecule has 0 radical (unpaired) electrons. The summed E-state index contributed by atoms with van der Waals surface area (Å²) in [6.07, 6.45) is 3.03. The predicted molar refractivity (Wildman–Crippen MR) is 161 cm³/mol. The number of hydrogen-bond donors (Lipinski definition) is 2. The van der Waals surface area contributed by atoms with Gasteiger partial charge in [-0.2, -0.15) is 0 Å². The first-order chi connectivity index (χ1) is 20.5. The Morgan fingerprint density at radius 3 is 2.02 bits per heavy atom. The molecule has 3 aromatic carbocycles.